The van der Waals surface area contributed by atoms with E-state index in [-0.39, 0.29) is 0 Å². The SMILES string of the molecule is COc1cccc(Nc2cnc3cc(OC)c(OC)cc3n2)c1. The van der Waals surface area contributed by atoms with Gasteiger partial charge in [-0.2, -0.15) is 0 Å². The minimum atomic E-state index is 0.618. The average molecular weight is 311 g/mol. The summed E-state index contributed by atoms with van der Waals surface area (Å²) in [5, 5.41) is 3.21. The van der Waals surface area contributed by atoms with Gasteiger partial charge in [-0.1, -0.05) is 6.07 Å². The van der Waals surface area contributed by atoms with E-state index in [1.807, 2.05) is 24.3 Å². The third-order valence-electron chi connectivity index (χ3n) is 3.39. The highest BCUT2D eigenvalue weighted by Gasteiger charge is 2.08. The summed E-state index contributed by atoms with van der Waals surface area (Å²) in [6.45, 7) is 0. The van der Waals surface area contributed by atoms with Crippen molar-refractivity contribution in [2.45, 2.75) is 0 Å². The molecule has 0 bridgehead atoms. The fourth-order valence-corrected chi connectivity index (χ4v) is 2.25. The lowest BCUT2D eigenvalue weighted by Gasteiger charge is -2.10. The number of fused-ring (bicyclic) bond motifs is 1. The lowest BCUT2D eigenvalue weighted by molar-refractivity contribution is 0.355. The van der Waals surface area contributed by atoms with E-state index in [9.17, 15) is 0 Å². The van der Waals surface area contributed by atoms with Gasteiger partial charge in [-0.05, 0) is 12.1 Å². The molecular weight excluding hydrogens is 294 g/mol. The Labute approximate surface area is 134 Å². The van der Waals surface area contributed by atoms with Crippen molar-refractivity contribution in [3.8, 4) is 17.2 Å². The zero-order valence-corrected chi connectivity index (χ0v) is 13.2. The van der Waals surface area contributed by atoms with Crippen LogP contribution in [-0.4, -0.2) is 31.3 Å². The summed E-state index contributed by atoms with van der Waals surface area (Å²) in [7, 11) is 4.82. The molecule has 0 aliphatic rings. The van der Waals surface area contributed by atoms with Gasteiger partial charge in [0.2, 0.25) is 0 Å². The minimum absolute atomic E-state index is 0.618. The van der Waals surface area contributed by atoms with Gasteiger partial charge in [-0.3, -0.25) is 4.98 Å². The van der Waals surface area contributed by atoms with Crippen LogP contribution in [0.15, 0.2) is 42.6 Å². The van der Waals surface area contributed by atoms with Crippen LogP contribution in [0.5, 0.6) is 17.2 Å². The monoisotopic (exact) mass is 311 g/mol. The zero-order chi connectivity index (χ0) is 16.2. The first-order valence-electron chi connectivity index (χ1n) is 7.03. The molecule has 3 rings (SSSR count). The van der Waals surface area contributed by atoms with E-state index in [0.717, 1.165) is 22.5 Å². The van der Waals surface area contributed by atoms with Gasteiger partial charge in [0.05, 0.1) is 38.6 Å². The third-order valence-corrected chi connectivity index (χ3v) is 3.39. The largest absolute Gasteiger partial charge is 0.497 e. The number of hydrogen-bond acceptors (Lipinski definition) is 6. The van der Waals surface area contributed by atoms with Crippen molar-refractivity contribution < 1.29 is 14.2 Å². The molecule has 0 saturated heterocycles. The molecule has 0 aliphatic heterocycles. The summed E-state index contributed by atoms with van der Waals surface area (Å²) in [5.41, 5.74) is 2.33. The normalized spacial score (nSPS) is 10.4. The summed E-state index contributed by atoms with van der Waals surface area (Å²) >= 11 is 0. The molecule has 1 heterocycles. The Kier molecular flexibility index (Phi) is 4.14. The van der Waals surface area contributed by atoms with Crippen LogP contribution in [0.1, 0.15) is 0 Å². The molecular formula is C17H17N3O3. The first kappa shape index (κ1) is 14.9. The molecule has 2 aromatic carbocycles. The fourth-order valence-electron chi connectivity index (χ4n) is 2.25. The number of nitrogens with one attached hydrogen (secondary N) is 1. The summed E-state index contributed by atoms with van der Waals surface area (Å²) in [5.74, 6) is 2.66. The van der Waals surface area contributed by atoms with Crippen LogP contribution in [0.3, 0.4) is 0 Å². The number of methoxy groups -OCH3 is 3. The highest BCUT2D eigenvalue weighted by Crippen LogP contribution is 2.31. The van der Waals surface area contributed by atoms with Crippen molar-refractivity contribution >= 4 is 22.5 Å². The molecule has 1 N–H and O–H groups in total. The Morgan fingerprint density at radius 2 is 1.61 bits per heavy atom. The van der Waals surface area contributed by atoms with Gasteiger partial charge in [0.1, 0.15) is 11.6 Å². The van der Waals surface area contributed by atoms with Crippen LogP contribution < -0.4 is 19.5 Å². The van der Waals surface area contributed by atoms with Crippen LogP contribution in [0.2, 0.25) is 0 Å². The Hall–Kier alpha value is -3.02. The minimum Gasteiger partial charge on any atom is -0.497 e. The van der Waals surface area contributed by atoms with Crippen LogP contribution in [0.4, 0.5) is 11.5 Å². The second-order valence-corrected chi connectivity index (χ2v) is 4.81. The molecule has 0 saturated carbocycles. The predicted octanol–water partition coefficient (Wildman–Crippen LogP) is 3.40. The molecule has 0 spiro atoms. The van der Waals surface area contributed by atoms with E-state index in [2.05, 4.69) is 15.3 Å². The second-order valence-electron chi connectivity index (χ2n) is 4.81. The maximum absolute atomic E-state index is 5.30. The first-order chi connectivity index (χ1) is 11.2. The molecule has 0 amide bonds. The van der Waals surface area contributed by atoms with E-state index < -0.39 is 0 Å². The Morgan fingerprint density at radius 3 is 2.30 bits per heavy atom. The number of anilines is 2. The van der Waals surface area contributed by atoms with E-state index in [0.29, 0.717) is 17.3 Å². The quantitative estimate of drug-likeness (QED) is 0.779. The van der Waals surface area contributed by atoms with Gasteiger partial charge >= 0.3 is 0 Å². The predicted molar refractivity (Wildman–Crippen MR) is 88.9 cm³/mol. The van der Waals surface area contributed by atoms with E-state index in [4.69, 9.17) is 14.2 Å². The number of nitrogens with zero attached hydrogens (tertiary/aromatic N) is 2. The van der Waals surface area contributed by atoms with Gasteiger partial charge in [-0.25, -0.2) is 4.98 Å². The molecule has 6 nitrogen and oxygen atoms in total. The molecule has 0 atom stereocenters. The lowest BCUT2D eigenvalue weighted by Crippen LogP contribution is -1.97. The molecule has 23 heavy (non-hydrogen) atoms. The van der Waals surface area contributed by atoms with Crippen molar-refractivity contribution in [3.05, 3.63) is 42.6 Å². The third kappa shape index (κ3) is 3.11. The van der Waals surface area contributed by atoms with Crippen LogP contribution >= 0.6 is 0 Å². The molecule has 1 aromatic heterocycles. The maximum atomic E-state index is 5.30. The average Bonchev–Trinajstić information content (AvgIpc) is 2.60. The molecule has 3 aromatic rings. The summed E-state index contributed by atoms with van der Waals surface area (Å²) in [6, 6.07) is 11.2. The molecule has 0 unspecified atom stereocenters. The standard InChI is InChI=1S/C17H17N3O3/c1-21-12-6-4-5-11(7-12)19-17-10-18-13-8-15(22-2)16(23-3)9-14(13)20-17/h4-10H,1-3H3,(H,19,20). The molecule has 0 aliphatic carbocycles. The molecule has 0 fully saturated rings. The Balaban J connectivity index is 1.95. The zero-order valence-electron chi connectivity index (χ0n) is 13.2. The number of rotatable bonds is 5. The fraction of sp³-hybridized carbons (Fsp3) is 0.176. The summed E-state index contributed by atoms with van der Waals surface area (Å²) in [4.78, 5) is 8.97. The van der Waals surface area contributed by atoms with Gasteiger partial charge < -0.3 is 19.5 Å². The van der Waals surface area contributed by atoms with Crippen LogP contribution in [-0.2, 0) is 0 Å². The molecule has 0 radical (unpaired) electrons. The number of benzene rings is 2. The topological polar surface area (TPSA) is 65.5 Å². The Morgan fingerprint density at radius 1 is 0.870 bits per heavy atom. The highest BCUT2D eigenvalue weighted by molar-refractivity contribution is 5.80. The van der Waals surface area contributed by atoms with Gasteiger partial charge in [-0.15, -0.1) is 0 Å². The van der Waals surface area contributed by atoms with Gasteiger partial charge in [0, 0.05) is 23.9 Å². The maximum Gasteiger partial charge on any atom is 0.163 e. The van der Waals surface area contributed by atoms with Gasteiger partial charge in [0.15, 0.2) is 11.5 Å². The summed E-state index contributed by atoms with van der Waals surface area (Å²) in [6.07, 6.45) is 1.67. The molecule has 6 heteroatoms. The van der Waals surface area contributed by atoms with Crippen LogP contribution in [0, 0.1) is 0 Å². The number of aromatic nitrogens is 2. The first-order valence-corrected chi connectivity index (χ1v) is 7.03. The highest BCUT2D eigenvalue weighted by atomic mass is 16.5. The van der Waals surface area contributed by atoms with E-state index in [1.54, 1.807) is 39.7 Å². The van der Waals surface area contributed by atoms with E-state index >= 15 is 0 Å². The summed E-state index contributed by atoms with van der Waals surface area (Å²) < 4.78 is 15.8. The van der Waals surface area contributed by atoms with Crippen molar-refractivity contribution in [1.29, 1.82) is 0 Å². The van der Waals surface area contributed by atoms with Crippen molar-refractivity contribution in [3.63, 3.8) is 0 Å². The van der Waals surface area contributed by atoms with Gasteiger partial charge in [0.25, 0.3) is 0 Å². The number of ether oxygens (including phenoxy) is 3. The van der Waals surface area contributed by atoms with Crippen LogP contribution in [0.25, 0.3) is 11.0 Å². The van der Waals surface area contributed by atoms with Crippen molar-refractivity contribution in [2.75, 3.05) is 26.6 Å². The van der Waals surface area contributed by atoms with Crippen molar-refractivity contribution in [1.82, 2.24) is 9.97 Å². The Bertz CT molecular complexity index is 836. The van der Waals surface area contributed by atoms with Crippen molar-refractivity contribution in [2.24, 2.45) is 0 Å². The second kappa shape index (κ2) is 6.39. The smallest absolute Gasteiger partial charge is 0.163 e. The van der Waals surface area contributed by atoms with E-state index in [1.165, 1.54) is 0 Å². The lowest BCUT2D eigenvalue weighted by atomic mass is 10.2. The molecule has 118 valence electrons. The number of hydrogen-bond donors (Lipinski definition) is 1.